The molecule has 0 spiro atoms. The predicted octanol–water partition coefficient (Wildman–Crippen LogP) is 8.25. The minimum atomic E-state index is -1.82. The fourth-order valence-electron chi connectivity index (χ4n) is 3.82. The van der Waals surface area contributed by atoms with Gasteiger partial charge in [0.25, 0.3) is 0 Å². The van der Waals surface area contributed by atoms with Crippen molar-refractivity contribution >= 4 is 31.1 Å². The van der Waals surface area contributed by atoms with Crippen LogP contribution in [0.15, 0.2) is 54.1 Å². The van der Waals surface area contributed by atoms with E-state index in [0.29, 0.717) is 6.04 Å². The molecule has 0 fully saturated rings. The average Bonchev–Trinajstić information content (AvgIpc) is 3.06. The molecule has 36 heavy (non-hydrogen) atoms. The molecule has 1 aliphatic rings. The van der Waals surface area contributed by atoms with Crippen molar-refractivity contribution in [1.29, 1.82) is 0 Å². The molecule has 0 amide bonds. The number of allylic oxidation sites excluding steroid dienone is 1. The molecule has 2 aromatic rings. The molecule has 1 unspecified atom stereocenters. The van der Waals surface area contributed by atoms with Gasteiger partial charge in [-0.3, -0.25) is 0 Å². The van der Waals surface area contributed by atoms with E-state index < -0.39 is 25.0 Å². The van der Waals surface area contributed by atoms with Crippen molar-refractivity contribution in [3.05, 3.63) is 65.2 Å². The zero-order chi connectivity index (χ0) is 26.6. The minimum Gasteiger partial charge on any atom is -0.375 e. The molecule has 0 aliphatic heterocycles. The van der Waals surface area contributed by atoms with Gasteiger partial charge >= 0.3 is 30.6 Å². The van der Waals surface area contributed by atoms with Crippen LogP contribution in [-0.2, 0) is 26.2 Å². The third-order valence-corrected chi connectivity index (χ3v) is 10.3. The zero-order valence-electron chi connectivity index (χ0n) is 24.3. The fraction of sp³-hybridized carbons (Fsp3) is 0.467. The Morgan fingerprint density at radius 1 is 0.889 bits per heavy atom. The van der Waals surface area contributed by atoms with E-state index in [-0.39, 0.29) is 33.2 Å². The van der Waals surface area contributed by atoms with Crippen LogP contribution in [-0.4, -0.2) is 42.1 Å². The molecule has 0 saturated heterocycles. The molecule has 1 aliphatic carbocycles. The van der Waals surface area contributed by atoms with Crippen LogP contribution in [0.3, 0.4) is 0 Å². The van der Waals surface area contributed by atoms with Gasteiger partial charge in [-0.2, -0.15) is 0 Å². The van der Waals surface area contributed by atoms with Crippen LogP contribution in [0, 0.1) is 11.1 Å². The van der Waals surface area contributed by atoms with Crippen molar-refractivity contribution in [2.75, 3.05) is 7.05 Å². The summed E-state index contributed by atoms with van der Waals surface area (Å²) in [6, 6.07) is 17.7. The second-order valence-electron chi connectivity index (χ2n) is 12.7. The summed E-state index contributed by atoms with van der Waals surface area (Å²) in [6.45, 7) is 22.3. The van der Waals surface area contributed by atoms with E-state index >= 15 is 0 Å². The zero-order valence-corrected chi connectivity index (χ0v) is 28.9. The molecule has 2 nitrogen and oxygen atoms in total. The topological polar surface area (TPSA) is 20.3 Å². The normalized spacial score (nSPS) is 14.8. The van der Waals surface area contributed by atoms with Crippen molar-refractivity contribution in [2.45, 2.75) is 84.5 Å². The van der Waals surface area contributed by atoms with Gasteiger partial charge in [0, 0.05) is 24.5 Å². The number of hydrogen-bond acceptors (Lipinski definition) is 1. The summed E-state index contributed by atoms with van der Waals surface area (Å²) >= 11 is 0. The molecule has 0 radical (unpaired) electrons. The summed E-state index contributed by atoms with van der Waals surface area (Å²) in [5, 5.41) is 0. The first kappa shape index (κ1) is 32.7. The Balaban J connectivity index is 0.000000504. The first-order valence-corrected chi connectivity index (χ1v) is 21.2. The molecule has 3 rings (SSSR count). The summed E-state index contributed by atoms with van der Waals surface area (Å²) in [7, 11) is -2.02. The number of fused-ring (bicyclic) bond motifs is 1. The third-order valence-electron chi connectivity index (χ3n) is 6.09. The van der Waals surface area contributed by atoms with Crippen LogP contribution in [0.1, 0.15) is 44.7 Å². The van der Waals surface area contributed by atoms with Gasteiger partial charge in [-0.1, -0.05) is 99.5 Å². The molecular weight excluding hydrogens is 522 g/mol. The van der Waals surface area contributed by atoms with Crippen LogP contribution < -0.4 is 0 Å². The number of nitrogens with zero attached hydrogens (tertiary/aromatic N) is 1. The van der Waals surface area contributed by atoms with E-state index in [4.69, 9.17) is 0 Å². The van der Waals surface area contributed by atoms with Gasteiger partial charge in [0.1, 0.15) is 16.1 Å². The number of hydrogen-bond donors (Lipinski definition) is 0. The molecule has 6 heteroatoms. The predicted molar refractivity (Wildman–Crippen MR) is 162 cm³/mol. The Hall–Kier alpha value is -1.30. The summed E-state index contributed by atoms with van der Waals surface area (Å²) in [6.07, 6.45) is 2.29. The van der Waals surface area contributed by atoms with Crippen molar-refractivity contribution in [3.8, 4) is 22.2 Å². The molecule has 190 valence electrons. The van der Waals surface area contributed by atoms with Crippen molar-refractivity contribution in [1.82, 2.24) is 4.57 Å². The van der Waals surface area contributed by atoms with Crippen LogP contribution in [0.5, 0.6) is 0 Å². The maximum absolute atomic E-state index is 12.9. The van der Waals surface area contributed by atoms with Gasteiger partial charge in [-0.05, 0) is 49.9 Å². The molecule has 0 heterocycles. The van der Waals surface area contributed by atoms with Crippen molar-refractivity contribution < 1.29 is 26.2 Å². The van der Waals surface area contributed by atoms with Gasteiger partial charge in [0.2, 0.25) is 0 Å². The molecule has 0 N–H and O–H groups in total. The van der Waals surface area contributed by atoms with Crippen molar-refractivity contribution in [2.24, 2.45) is 0 Å². The van der Waals surface area contributed by atoms with Gasteiger partial charge in [0.15, 0.2) is 0 Å². The van der Waals surface area contributed by atoms with E-state index in [1.807, 2.05) is 17.7 Å². The Kier molecular flexibility index (Phi) is 11.8. The second-order valence-corrected chi connectivity index (χ2v) is 24.1. The second kappa shape index (κ2) is 13.0. The summed E-state index contributed by atoms with van der Waals surface area (Å²) in [5.74, 6) is 0.259. The van der Waals surface area contributed by atoms with Gasteiger partial charge < -0.3 is 9.03 Å². The Bertz CT molecular complexity index is 1110. The van der Waals surface area contributed by atoms with E-state index in [9.17, 15) is 4.46 Å². The van der Waals surface area contributed by atoms with E-state index in [1.54, 1.807) is 0 Å². The summed E-state index contributed by atoms with van der Waals surface area (Å²) < 4.78 is 15.0. The number of rotatable bonds is 4. The first-order chi connectivity index (χ1) is 16.0. The van der Waals surface area contributed by atoms with Gasteiger partial charge in [-0.15, -0.1) is 11.1 Å². The SMILES string of the molecule is CC1=Cc2c(-c3ccccc3)cccc2C1C[Si](=O)N(C)C(C)(C)C.C[Si](C)(C)C#C[Si](C)(C)C.[Ti+2]. The average molecular weight is 568 g/mol. The quantitative estimate of drug-likeness (QED) is 0.274. The Morgan fingerprint density at radius 2 is 1.42 bits per heavy atom. The van der Waals surface area contributed by atoms with E-state index in [1.165, 1.54) is 27.8 Å². The largest absolute Gasteiger partial charge is 2.00 e. The molecule has 0 saturated carbocycles. The maximum Gasteiger partial charge on any atom is 2.00 e. The molecule has 1 atom stereocenters. The Labute approximate surface area is 239 Å². The van der Waals surface area contributed by atoms with Crippen molar-refractivity contribution in [3.63, 3.8) is 0 Å². The van der Waals surface area contributed by atoms with Crippen LogP contribution in [0.4, 0.5) is 0 Å². The molecule has 2 aromatic carbocycles. The molecule has 0 aromatic heterocycles. The summed E-state index contributed by atoms with van der Waals surface area (Å²) in [5.41, 5.74) is 13.2. The van der Waals surface area contributed by atoms with Gasteiger partial charge in [-0.25, -0.2) is 0 Å². The minimum absolute atomic E-state index is 0. The Morgan fingerprint density at radius 3 is 1.89 bits per heavy atom. The standard InChI is InChI=1S/C22H27NOSi.C8H18Si2.Ti/c1-16-14-20-18(17-10-7-6-8-11-17)12-9-13-19(20)21(16)15-25(24)23(5)22(2,3)4;1-9(2,3)7-8-10(4,5)6;/h6-14,21H,15H2,1-5H3;1-6H3;/q;;+2. The molecular formula is C30H45NOSi3Ti+2. The first-order valence-electron chi connectivity index (χ1n) is 12.7. The smallest absolute Gasteiger partial charge is 0.375 e. The molecule has 0 bridgehead atoms. The monoisotopic (exact) mass is 567 g/mol. The van der Waals surface area contributed by atoms with Crippen LogP contribution in [0.25, 0.3) is 17.2 Å². The number of benzene rings is 2. The fourth-order valence-corrected chi connectivity index (χ4v) is 8.74. The van der Waals surface area contributed by atoms with Crippen LogP contribution >= 0.6 is 0 Å². The van der Waals surface area contributed by atoms with Crippen LogP contribution in [0.2, 0.25) is 45.3 Å². The third kappa shape index (κ3) is 9.87. The van der Waals surface area contributed by atoms with E-state index in [2.05, 4.69) is 127 Å². The maximum atomic E-state index is 12.9. The van der Waals surface area contributed by atoms with Gasteiger partial charge in [0.05, 0.1) is 0 Å². The summed E-state index contributed by atoms with van der Waals surface area (Å²) in [4.78, 5) is 0. The van der Waals surface area contributed by atoms with E-state index in [0.717, 1.165) is 0 Å².